The quantitative estimate of drug-likeness (QED) is 0.854. The molecule has 1 aliphatic carbocycles. The predicted octanol–water partition coefficient (Wildman–Crippen LogP) is 2.15. The van der Waals surface area contributed by atoms with Gasteiger partial charge in [-0.25, -0.2) is 9.97 Å². The molecule has 1 aliphatic rings. The predicted molar refractivity (Wildman–Crippen MR) is 74.4 cm³/mol. The second-order valence-electron chi connectivity index (χ2n) is 5.43. The summed E-state index contributed by atoms with van der Waals surface area (Å²) in [7, 11) is 1.61. The molecule has 19 heavy (non-hydrogen) atoms. The first-order valence-electron chi connectivity index (χ1n) is 6.91. The number of aliphatic hydroxyl groups is 1. The van der Waals surface area contributed by atoms with E-state index >= 15 is 0 Å². The van der Waals surface area contributed by atoms with Crippen LogP contribution in [0.4, 0.5) is 5.82 Å². The van der Waals surface area contributed by atoms with Gasteiger partial charge in [0.2, 0.25) is 5.88 Å². The van der Waals surface area contributed by atoms with E-state index in [1.54, 1.807) is 7.11 Å². The van der Waals surface area contributed by atoms with Gasteiger partial charge in [0.15, 0.2) is 0 Å². The van der Waals surface area contributed by atoms with Gasteiger partial charge in [-0.3, -0.25) is 0 Å². The van der Waals surface area contributed by atoms with E-state index in [1.807, 2.05) is 6.92 Å². The summed E-state index contributed by atoms with van der Waals surface area (Å²) in [5.74, 6) is 1.39. The van der Waals surface area contributed by atoms with E-state index in [2.05, 4.69) is 15.3 Å². The van der Waals surface area contributed by atoms with Crippen LogP contribution in [0.15, 0.2) is 6.33 Å². The van der Waals surface area contributed by atoms with Crippen LogP contribution < -0.4 is 10.1 Å². The third-order valence-electron chi connectivity index (χ3n) is 4.11. The summed E-state index contributed by atoms with van der Waals surface area (Å²) in [5.41, 5.74) is 0.914. The minimum Gasteiger partial charge on any atom is -0.481 e. The molecule has 5 nitrogen and oxygen atoms in total. The van der Waals surface area contributed by atoms with Crippen molar-refractivity contribution in [1.29, 1.82) is 0 Å². The van der Waals surface area contributed by atoms with Crippen molar-refractivity contribution >= 4 is 5.82 Å². The summed E-state index contributed by atoms with van der Waals surface area (Å²) in [5, 5.41) is 13.1. The zero-order valence-electron chi connectivity index (χ0n) is 11.8. The minimum absolute atomic E-state index is 0.00285. The molecular formula is C14H23N3O2. The minimum atomic E-state index is 0.00285. The highest BCUT2D eigenvalue weighted by atomic mass is 16.5. The molecule has 1 aromatic heterocycles. The van der Waals surface area contributed by atoms with Crippen molar-refractivity contribution in [2.75, 3.05) is 25.6 Å². The fourth-order valence-corrected chi connectivity index (χ4v) is 2.78. The molecule has 0 unspecified atom stereocenters. The third-order valence-corrected chi connectivity index (χ3v) is 4.11. The summed E-state index contributed by atoms with van der Waals surface area (Å²) in [6.45, 7) is 2.93. The van der Waals surface area contributed by atoms with Crippen molar-refractivity contribution in [3.05, 3.63) is 11.9 Å². The highest BCUT2D eigenvalue weighted by Crippen LogP contribution is 2.36. The number of nitrogens with one attached hydrogen (secondary N) is 1. The Labute approximate surface area is 114 Å². The smallest absolute Gasteiger partial charge is 0.221 e. The molecule has 0 radical (unpaired) electrons. The van der Waals surface area contributed by atoms with Crippen LogP contribution in [-0.4, -0.2) is 35.3 Å². The Morgan fingerprint density at radius 2 is 2.05 bits per heavy atom. The number of anilines is 1. The summed E-state index contributed by atoms with van der Waals surface area (Å²) < 4.78 is 5.19. The second kappa shape index (κ2) is 6.19. The molecule has 5 heteroatoms. The van der Waals surface area contributed by atoms with E-state index in [0.29, 0.717) is 5.88 Å². The van der Waals surface area contributed by atoms with Crippen LogP contribution in [0.5, 0.6) is 5.88 Å². The number of methoxy groups -OCH3 is 1. The molecule has 0 spiro atoms. The van der Waals surface area contributed by atoms with E-state index in [-0.39, 0.29) is 12.0 Å². The monoisotopic (exact) mass is 265 g/mol. The maximum absolute atomic E-state index is 9.69. The van der Waals surface area contributed by atoms with E-state index in [1.165, 1.54) is 25.6 Å². The lowest BCUT2D eigenvalue weighted by molar-refractivity contribution is 0.0943. The number of aliphatic hydroxyl groups excluding tert-OH is 1. The van der Waals surface area contributed by atoms with Gasteiger partial charge < -0.3 is 15.2 Å². The summed E-state index contributed by atoms with van der Waals surface area (Å²) >= 11 is 0. The lowest BCUT2D eigenvalue weighted by Crippen LogP contribution is -2.35. The molecule has 1 heterocycles. The van der Waals surface area contributed by atoms with Gasteiger partial charge in [0.05, 0.1) is 19.3 Å². The molecule has 2 N–H and O–H groups in total. The van der Waals surface area contributed by atoms with Crippen LogP contribution in [0.3, 0.4) is 0 Å². The summed E-state index contributed by atoms with van der Waals surface area (Å²) in [6, 6.07) is 0. The first kappa shape index (κ1) is 14.1. The Kier molecular flexibility index (Phi) is 4.58. The highest BCUT2D eigenvalue weighted by molar-refractivity contribution is 5.47. The molecule has 106 valence electrons. The number of rotatable bonds is 5. The molecule has 1 saturated carbocycles. The molecule has 2 rings (SSSR count). The van der Waals surface area contributed by atoms with Crippen molar-refractivity contribution in [2.24, 2.45) is 5.41 Å². The van der Waals surface area contributed by atoms with Crippen molar-refractivity contribution in [3.63, 3.8) is 0 Å². The number of nitrogens with zero attached hydrogens (tertiary/aromatic N) is 2. The largest absolute Gasteiger partial charge is 0.481 e. The number of hydrogen-bond acceptors (Lipinski definition) is 5. The average Bonchev–Trinajstić information content (AvgIpc) is 2.47. The molecule has 0 saturated heterocycles. The van der Waals surface area contributed by atoms with Crippen LogP contribution in [0.1, 0.15) is 37.7 Å². The second-order valence-corrected chi connectivity index (χ2v) is 5.43. The molecule has 0 amide bonds. The molecule has 0 bridgehead atoms. The van der Waals surface area contributed by atoms with E-state index in [0.717, 1.165) is 30.8 Å². The van der Waals surface area contributed by atoms with Crippen molar-refractivity contribution in [2.45, 2.75) is 39.0 Å². The van der Waals surface area contributed by atoms with Crippen molar-refractivity contribution < 1.29 is 9.84 Å². The topological polar surface area (TPSA) is 67.3 Å². The highest BCUT2D eigenvalue weighted by Gasteiger charge is 2.31. The molecule has 0 aromatic carbocycles. The Morgan fingerprint density at radius 1 is 1.32 bits per heavy atom. The third kappa shape index (κ3) is 3.15. The molecular weight excluding hydrogens is 242 g/mol. The van der Waals surface area contributed by atoms with E-state index < -0.39 is 0 Å². The lowest BCUT2D eigenvalue weighted by Gasteiger charge is -2.36. The van der Waals surface area contributed by atoms with Crippen LogP contribution in [0.25, 0.3) is 0 Å². The van der Waals surface area contributed by atoms with Crippen LogP contribution >= 0.6 is 0 Å². The van der Waals surface area contributed by atoms with E-state index in [4.69, 9.17) is 4.74 Å². The van der Waals surface area contributed by atoms with Gasteiger partial charge >= 0.3 is 0 Å². The zero-order chi connectivity index (χ0) is 13.7. The number of aromatic nitrogens is 2. The van der Waals surface area contributed by atoms with Crippen LogP contribution in [0, 0.1) is 12.3 Å². The maximum atomic E-state index is 9.69. The number of hydrogen-bond donors (Lipinski definition) is 2. The van der Waals surface area contributed by atoms with Gasteiger partial charge in [-0.1, -0.05) is 19.3 Å². The lowest BCUT2D eigenvalue weighted by atomic mass is 9.74. The van der Waals surface area contributed by atoms with Crippen LogP contribution in [-0.2, 0) is 0 Å². The van der Waals surface area contributed by atoms with Crippen molar-refractivity contribution in [1.82, 2.24) is 9.97 Å². The summed E-state index contributed by atoms with van der Waals surface area (Å²) in [4.78, 5) is 8.32. The molecule has 1 aromatic rings. The van der Waals surface area contributed by atoms with E-state index in [9.17, 15) is 5.11 Å². The number of ether oxygens (including phenoxy) is 1. The van der Waals surface area contributed by atoms with Gasteiger partial charge in [0, 0.05) is 12.0 Å². The van der Waals surface area contributed by atoms with Gasteiger partial charge in [-0.15, -0.1) is 0 Å². The van der Waals surface area contributed by atoms with Gasteiger partial charge in [0.25, 0.3) is 0 Å². The average molecular weight is 265 g/mol. The fourth-order valence-electron chi connectivity index (χ4n) is 2.78. The fraction of sp³-hybridized carbons (Fsp3) is 0.714. The Morgan fingerprint density at radius 3 is 2.68 bits per heavy atom. The standard InChI is InChI=1S/C14H23N3O2/c1-11-12(16-10-17-13(11)19-2)15-8-14(9-18)6-4-3-5-7-14/h10,18H,3-9H2,1-2H3,(H,15,16,17). The Balaban J connectivity index is 2.05. The Bertz CT molecular complexity index is 417. The first-order valence-corrected chi connectivity index (χ1v) is 6.91. The molecule has 0 atom stereocenters. The van der Waals surface area contributed by atoms with Crippen molar-refractivity contribution in [3.8, 4) is 5.88 Å². The first-order chi connectivity index (χ1) is 9.21. The van der Waals surface area contributed by atoms with Crippen LogP contribution in [0.2, 0.25) is 0 Å². The normalized spacial score (nSPS) is 18.1. The van der Waals surface area contributed by atoms with Gasteiger partial charge in [0.1, 0.15) is 12.1 Å². The summed E-state index contributed by atoms with van der Waals surface area (Å²) in [6.07, 6.45) is 7.35. The maximum Gasteiger partial charge on any atom is 0.221 e. The molecule has 0 aliphatic heterocycles. The molecule has 1 fully saturated rings. The van der Waals surface area contributed by atoms with Gasteiger partial charge in [-0.2, -0.15) is 0 Å². The Hall–Kier alpha value is -1.36. The SMILES string of the molecule is COc1ncnc(NCC2(CO)CCCCC2)c1C. The van der Waals surface area contributed by atoms with Gasteiger partial charge in [-0.05, 0) is 19.8 Å². The zero-order valence-corrected chi connectivity index (χ0v) is 11.8.